The van der Waals surface area contributed by atoms with Gasteiger partial charge >= 0.3 is 0 Å². The SMILES string of the molecule is CCNCc1cc(F)c(OCCCC#N)c(F)c1. The van der Waals surface area contributed by atoms with E-state index in [2.05, 4.69) is 5.32 Å². The van der Waals surface area contributed by atoms with Gasteiger partial charge in [-0.05, 0) is 30.7 Å². The largest absolute Gasteiger partial charge is 0.488 e. The standard InChI is InChI=1S/C13H16F2N2O/c1-2-17-9-10-7-11(14)13(12(15)8-10)18-6-4-3-5-16/h7-8,17H,2-4,6,9H2,1H3. The topological polar surface area (TPSA) is 45.0 Å². The van der Waals surface area contributed by atoms with E-state index in [1.54, 1.807) is 0 Å². The summed E-state index contributed by atoms with van der Waals surface area (Å²) in [4.78, 5) is 0. The maximum absolute atomic E-state index is 13.6. The molecule has 0 saturated heterocycles. The number of nitriles is 1. The Hall–Kier alpha value is -1.67. The van der Waals surface area contributed by atoms with E-state index in [4.69, 9.17) is 10.00 Å². The van der Waals surface area contributed by atoms with Gasteiger partial charge in [0.2, 0.25) is 0 Å². The van der Waals surface area contributed by atoms with Gasteiger partial charge in [0, 0.05) is 13.0 Å². The van der Waals surface area contributed by atoms with Crippen LogP contribution in [0, 0.1) is 23.0 Å². The molecular weight excluding hydrogens is 238 g/mol. The summed E-state index contributed by atoms with van der Waals surface area (Å²) >= 11 is 0. The van der Waals surface area contributed by atoms with Gasteiger partial charge in [-0.3, -0.25) is 0 Å². The molecule has 18 heavy (non-hydrogen) atoms. The van der Waals surface area contributed by atoms with Crippen molar-refractivity contribution in [2.75, 3.05) is 13.2 Å². The number of benzene rings is 1. The van der Waals surface area contributed by atoms with Crippen LogP contribution in [-0.2, 0) is 6.54 Å². The molecule has 0 aliphatic carbocycles. The molecule has 0 aromatic heterocycles. The molecule has 1 rings (SSSR count). The summed E-state index contributed by atoms with van der Waals surface area (Å²) in [6, 6.07) is 4.45. The summed E-state index contributed by atoms with van der Waals surface area (Å²) in [6.45, 7) is 3.20. The van der Waals surface area contributed by atoms with Gasteiger partial charge in [0.25, 0.3) is 0 Å². The van der Waals surface area contributed by atoms with E-state index < -0.39 is 11.6 Å². The van der Waals surface area contributed by atoms with Gasteiger partial charge in [0.15, 0.2) is 17.4 Å². The number of rotatable bonds is 7. The smallest absolute Gasteiger partial charge is 0.190 e. The number of nitrogens with zero attached hydrogens (tertiary/aromatic N) is 1. The van der Waals surface area contributed by atoms with Gasteiger partial charge in [-0.2, -0.15) is 5.26 Å². The molecule has 0 spiro atoms. The zero-order chi connectivity index (χ0) is 13.4. The van der Waals surface area contributed by atoms with Crippen molar-refractivity contribution in [3.63, 3.8) is 0 Å². The number of halogens is 2. The number of ether oxygens (including phenoxy) is 1. The second kappa shape index (κ2) is 7.62. The van der Waals surface area contributed by atoms with Crippen LogP contribution in [0.3, 0.4) is 0 Å². The highest BCUT2D eigenvalue weighted by Crippen LogP contribution is 2.23. The van der Waals surface area contributed by atoms with Crippen molar-refractivity contribution in [3.8, 4) is 11.8 Å². The van der Waals surface area contributed by atoms with Crippen molar-refractivity contribution in [2.45, 2.75) is 26.3 Å². The first kappa shape index (κ1) is 14.4. The third-order valence-electron chi connectivity index (χ3n) is 2.32. The fourth-order valence-corrected chi connectivity index (χ4v) is 1.45. The molecule has 5 heteroatoms. The van der Waals surface area contributed by atoms with Crippen LogP contribution < -0.4 is 10.1 Å². The summed E-state index contributed by atoms with van der Waals surface area (Å²) in [5.74, 6) is -1.78. The minimum absolute atomic E-state index is 0.133. The maximum Gasteiger partial charge on any atom is 0.190 e. The van der Waals surface area contributed by atoms with E-state index in [0.29, 0.717) is 24.9 Å². The van der Waals surface area contributed by atoms with Crippen molar-refractivity contribution in [2.24, 2.45) is 0 Å². The highest BCUT2D eigenvalue weighted by Gasteiger charge is 2.12. The molecule has 0 atom stereocenters. The average molecular weight is 254 g/mol. The molecule has 1 aromatic carbocycles. The molecule has 1 aromatic rings. The second-order valence-electron chi connectivity index (χ2n) is 3.78. The van der Waals surface area contributed by atoms with Gasteiger partial charge in [0.05, 0.1) is 12.7 Å². The molecule has 0 heterocycles. The Kier molecular flexibility index (Phi) is 6.09. The van der Waals surface area contributed by atoms with Gasteiger partial charge in [-0.15, -0.1) is 0 Å². The Labute approximate surface area is 105 Å². The van der Waals surface area contributed by atoms with Crippen LogP contribution >= 0.6 is 0 Å². The first-order valence-electron chi connectivity index (χ1n) is 5.87. The molecule has 0 aliphatic heterocycles. The van der Waals surface area contributed by atoms with Crippen LogP contribution in [0.5, 0.6) is 5.75 Å². The lowest BCUT2D eigenvalue weighted by molar-refractivity contribution is 0.281. The molecule has 3 nitrogen and oxygen atoms in total. The summed E-state index contributed by atoms with van der Waals surface area (Å²) in [5.41, 5.74) is 0.538. The normalized spacial score (nSPS) is 10.1. The monoisotopic (exact) mass is 254 g/mol. The fraction of sp³-hybridized carbons (Fsp3) is 0.462. The molecule has 0 unspecified atom stereocenters. The summed E-state index contributed by atoms with van der Waals surface area (Å²) in [6.07, 6.45) is 0.760. The third kappa shape index (κ3) is 4.30. The lowest BCUT2D eigenvalue weighted by atomic mass is 10.2. The lowest BCUT2D eigenvalue weighted by Gasteiger charge is -2.09. The van der Waals surface area contributed by atoms with Crippen LogP contribution in [0.1, 0.15) is 25.3 Å². The van der Waals surface area contributed by atoms with Crippen LogP contribution in [0.15, 0.2) is 12.1 Å². The number of unbranched alkanes of at least 4 members (excludes halogenated alkanes) is 1. The van der Waals surface area contributed by atoms with E-state index in [1.165, 1.54) is 12.1 Å². The highest BCUT2D eigenvalue weighted by atomic mass is 19.1. The maximum atomic E-state index is 13.6. The average Bonchev–Trinajstić information content (AvgIpc) is 2.34. The quantitative estimate of drug-likeness (QED) is 0.761. The molecule has 0 amide bonds. The lowest BCUT2D eigenvalue weighted by Crippen LogP contribution is -2.12. The van der Waals surface area contributed by atoms with Crippen LogP contribution in [0.2, 0.25) is 0 Å². The number of hydrogen-bond donors (Lipinski definition) is 1. The minimum Gasteiger partial charge on any atom is -0.488 e. The molecule has 0 bridgehead atoms. The first-order valence-corrected chi connectivity index (χ1v) is 5.87. The van der Waals surface area contributed by atoms with Crippen LogP contribution in [0.25, 0.3) is 0 Å². The predicted molar refractivity (Wildman–Crippen MR) is 64.1 cm³/mol. The molecule has 0 saturated carbocycles. The molecular formula is C13H16F2N2O. The van der Waals surface area contributed by atoms with Crippen LogP contribution in [-0.4, -0.2) is 13.2 Å². The number of hydrogen-bond acceptors (Lipinski definition) is 3. The van der Waals surface area contributed by atoms with Crippen molar-refractivity contribution in [3.05, 3.63) is 29.3 Å². The van der Waals surface area contributed by atoms with Crippen molar-refractivity contribution >= 4 is 0 Å². The Morgan fingerprint density at radius 3 is 2.56 bits per heavy atom. The van der Waals surface area contributed by atoms with Crippen molar-refractivity contribution in [1.29, 1.82) is 5.26 Å². The van der Waals surface area contributed by atoms with E-state index >= 15 is 0 Å². The number of nitrogens with one attached hydrogen (secondary N) is 1. The molecule has 1 N–H and O–H groups in total. The Morgan fingerprint density at radius 1 is 1.33 bits per heavy atom. The highest BCUT2D eigenvalue weighted by molar-refractivity contribution is 5.31. The Morgan fingerprint density at radius 2 is 2.00 bits per heavy atom. The molecule has 0 radical (unpaired) electrons. The Balaban J connectivity index is 2.66. The van der Waals surface area contributed by atoms with E-state index in [1.807, 2.05) is 13.0 Å². The van der Waals surface area contributed by atoms with Crippen molar-refractivity contribution in [1.82, 2.24) is 5.32 Å². The molecule has 98 valence electrons. The zero-order valence-electron chi connectivity index (χ0n) is 10.3. The van der Waals surface area contributed by atoms with Gasteiger partial charge in [-0.25, -0.2) is 8.78 Å². The van der Waals surface area contributed by atoms with E-state index in [0.717, 1.165) is 6.54 Å². The van der Waals surface area contributed by atoms with Gasteiger partial charge in [-0.1, -0.05) is 6.92 Å². The summed E-state index contributed by atoms with van der Waals surface area (Å²) in [5, 5.41) is 11.3. The Bertz CT molecular complexity index is 406. The van der Waals surface area contributed by atoms with E-state index in [9.17, 15) is 8.78 Å². The van der Waals surface area contributed by atoms with Crippen LogP contribution in [0.4, 0.5) is 8.78 Å². The summed E-state index contributed by atoms with van der Waals surface area (Å²) < 4.78 is 32.2. The van der Waals surface area contributed by atoms with Gasteiger partial charge in [0.1, 0.15) is 0 Å². The molecule has 0 fully saturated rings. The minimum atomic E-state index is -0.708. The summed E-state index contributed by atoms with van der Waals surface area (Å²) in [7, 11) is 0. The van der Waals surface area contributed by atoms with E-state index in [-0.39, 0.29) is 12.4 Å². The second-order valence-corrected chi connectivity index (χ2v) is 3.78. The third-order valence-corrected chi connectivity index (χ3v) is 2.32. The molecule has 0 aliphatic rings. The van der Waals surface area contributed by atoms with Gasteiger partial charge < -0.3 is 10.1 Å². The predicted octanol–water partition coefficient (Wildman–Crippen LogP) is 2.76. The van der Waals surface area contributed by atoms with Crippen molar-refractivity contribution < 1.29 is 13.5 Å². The zero-order valence-corrected chi connectivity index (χ0v) is 10.3. The fourth-order valence-electron chi connectivity index (χ4n) is 1.45. The first-order chi connectivity index (χ1) is 8.69.